The van der Waals surface area contributed by atoms with Crippen LogP contribution in [0.2, 0.25) is 0 Å². The summed E-state index contributed by atoms with van der Waals surface area (Å²) in [5, 5.41) is 29.9. The SMILES string of the molecule is CC(=O)CC(=O)C(CO)C(CCO)CC1CC(=O)c2c(O)ccc(-c3ccc(F)c(C)c3)c2C1. The van der Waals surface area contributed by atoms with E-state index in [2.05, 4.69) is 0 Å². The van der Waals surface area contributed by atoms with Crippen molar-refractivity contribution in [1.29, 1.82) is 0 Å². The lowest BCUT2D eigenvalue weighted by Crippen LogP contribution is -2.32. The van der Waals surface area contributed by atoms with Crippen LogP contribution in [0.3, 0.4) is 0 Å². The van der Waals surface area contributed by atoms with Crippen LogP contribution in [0, 0.1) is 30.5 Å². The number of phenolic OH excluding ortho intramolecular Hbond substituents is 1. The van der Waals surface area contributed by atoms with Crippen molar-refractivity contribution >= 4 is 17.3 Å². The quantitative estimate of drug-likeness (QED) is 0.456. The fraction of sp³-hybridized carbons (Fsp3) is 0.444. The van der Waals surface area contributed by atoms with Crippen molar-refractivity contribution in [2.75, 3.05) is 13.2 Å². The molecule has 182 valence electrons. The zero-order chi connectivity index (χ0) is 25.0. The average Bonchev–Trinajstić information content (AvgIpc) is 2.76. The molecule has 0 heterocycles. The number of aryl methyl sites for hydroxylation is 1. The number of halogens is 1. The van der Waals surface area contributed by atoms with Crippen molar-refractivity contribution in [3.8, 4) is 16.9 Å². The Kier molecular flexibility index (Phi) is 8.33. The van der Waals surface area contributed by atoms with Crippen molar-refractivity contribution in [2.24, 2.45) is 17.8 Å². The number of phenols is 1. The van der Waals surface area contributed by atoms with Gasteiger partial charge in [0.25, 0.3) is 0 Å². The lowest BCUT2D eigenvalue weighted by Gasteiger charge is -2.31. The van der Waals surface area contributed by atoms with E-state index >= 15 is 0 Å². The molecule has 3 N–H and O–H groups in total. The first-order valence-electron chi connectivity index (χ1n) is 11.5. The van der Waals surface area contributed by atoms with Gasteiger partial charge in [-0.25, -0.2) is 4.39 Å². The molecule has 1 aliphatic rings. The zero-order valence-electron chi connectivity index (χ0n) is 19.5. The first kappa shape index (κ1) is 25.7. The minimum absolute atomic E-state index is 0.0992. The molecule has 0 radical (unpaired) electrons. The van der Waals surface area contributed by atoms with E-state index in [1.54, 1.807) is 25.1 Å². The van der Waals surface area contributed by atoms with Crippen LogP contribution in [0.15, 0.2) is 30.3 Å². The summed E-state index contributed by atoms with van der Waals surface area (Å²) in [4.78, 5) is 37.0. The molecule has 0 amide bonds. The van der Waals surface area contributed by atoms with Gasteiger partial charge in [-0.05, 0) is 85.4 Å². The number of aliphatic hydroxyl groups excluding tert-OH is 2. The van der Waals surface area contributed by atoms with Crippen molar-refractivity contribution in [2.45, 2.75) is 46.0 Å². The van der Waals surface area contributed by atoms with Crippen molar-refractivity contribution in [1.82, 2.24) is 0 Å². The van der Waals surface area contributed by atoms with Gasteiger partial charge in [0.2, 0.25) is 0 Å². The van der Waals surface area contributed by atoms with Crippen molar-refractivity contribution < 1.29 is 34.1 Å². The van der Waals surface area contributed by atoms with E-state index in [9.17, 15) is 34.1 Å². The highest BCUT2D eigenvalue weighted by atomic mass is 19.1. The lowest BCUT2D eigenvalue weighted by atomic mass is 9.72. The van der Waals surface area contributed by atoms with Crippen LogP contribution in [0.1, 0.15) is 54.1 Å². The molecule has 3 rings (SSSR count). The summed E-state index contributed by atoms with van der Waals surface area (Å²) in [6.45, 7) is 2.35. The van der Waals surface area contributed by atoms with Gasteiger partial charge in [-0.1, -0.05) is 12.1 Å². The maximum atomic E-state index is 13.8. The molecule has 0 aliphatic heterocycles. The summed E-state index contributed by atoms with van der Waals surface area (Å²) in [6.07, 6.45) is 0.992. The number of carbonyl (C=O) groups excluding carboxylic acids is 3. The fourth-order valence-corrected chi connectivity index (χ4v) is 5.10. The number of carbonyl (C=O) groups is 3. The molecule has 0 bridgehead atoms. The van der Waals surface area contributed by atoms with E-state index in [0.717, 1.165) is 11.1 Å². The Morgan fingerprint density at radius 1 is 1.15 bits per heavy atom. The number of hydrogen-bond acceptors (Lipinski definition) is 6. The third-order valence-corrected chi connectivity index (χ3v) is 6.74. The largest absolute Gasteiger partial charge is 0.507 e. The normalized spacial score (nSPS) is 17.2. The molecular formula is C27H31FO6. The van der Waals surface area contributed by atoms with Crippen molar-refractivity contribution in [3.63, 3.8) is 0 Å². The Hall–Kier alpha value is -2.90. The van der Waals surface area contributed by atoms with E-state index in [1.807, 2.05) is 0 Å². The maximum Gasteiger partial charge on any atom is 0.167 e. The first-order valence-corrected chi connectivity index (χ1v) is 11.5. The maximum absolute atomic E-state index is 13.8. The summed E-state index contributed by atoms with van der Waals surface area (Å²) < 4.78 is 13.8. The highest BCUT2D eigenvalue weighted by Gasteiger charge is 2.35. The molecule has 7 heteroatoms. The molecule has 0 saturated carbocycles. The second-order valence-corrected chi connectivity index (χ2v) is 9.29. The molecular weight excluding hydrogens is 439 g/mol. The molecule has 0 aromatic heterocycles. The number of fused-ring (bicyclic) bond motifs is 1. The number of benzene rings is 2. The van der Waals surface area contributed by atoms with Gasteiger partial charge in [0.15, 0.2) is 5.78 Å². The molecule has 0 fully saturated rings. The van der Waals surface area contributed by atoms with Crippen LogP contribution in [0.5, 0.6) is 5.75 Å². The Balaban J connectivity index is 1.94. The van der Waals surface area contributed by atoms with E-state index in [-0.39, 0.29) is 66.3 Å². The van der Waals surface area contributed by atoms with E-state index in [4.69, 9.17) is 0 Å². The standard InChI is InChI=1S/C27H31FO6/c1-15-9-18(3-5-23(15)28)20-4-6-24(32)27-21(20)12-17(13-26(27)34)11-19(7-8-29)22(14-30)25(33)10-16(2)31/h3-6,9,17,19,22,29-30,32H,7-8,10-14H2,1-2H3. The van der Waals surface area contributed by atoms with Gasteiger partial charge in [-0.2, -0.15) is 0 Å². The van der Waals surface area contributed by atoms with Crippen LogP contribution >= 0.6 is 0 Å². The van der Waals surface area contributed by atoms with Crippen LogP contribution in [0.4, 0.5) is 4.39 Å². The smallest absolute Gasteiger partial charge is 0.167 e. The highest BCUT2D eigenvalue weighted by Crippen LogP contribution is 2.41. The van der Waals surface area contributed by atoms with E-state index < -0.39 is 18.4 Å². The molecule has 0 spiro atoms. The highest BCUT2D eigenvalue weighted by molar-refractivity contribution is 6.03. The molecule has 3 unspecified atom stereocenters. The minimum atomic E-state index is -0.795. The van der Waals surface area contributed by atoms with Gasteiger partial charge in [0.1, 0.15) is 23.1 Å². The number of Topliss-reactive ketones (excluding diaryl/α,β-unsaturated/α-hetero) is 3. The van der Waals surface area contributed by atoms with E-state index in [0.29, 0.717) is 24.0 Å². The summed E-state index contributed by atoms with van der Waals surface area (Å²) in [6, 6.07) is 7.90. The number of aromatic hydroxyl groups is 1. The fourth-order valence-electron chi connectivity index (χ4n) is 5.10. The second-order valence-electron chi connectivity index (χ2n) is 9.29. The van der Waals surface area contributed by atoms with Gasteiger partial charge in [0, 0.05) is 18.9 Å². The van der Waals surface area contributed by atoms with E-state index in [1.165, 1.54) is 19.1 Å². The van der Waals surface area contributed by atoms with Gasteiger partial charge < -0.3 is 15.3 Å². The van der Waals surface area contributed by atoms with Gasteiger partial charge in [-0.15, -0.1) is 0 Å². The van der Waals surface area contributed by atoms with Crippen LogP contribution in [-0.4, -0.2) is 45.9 Å². The molecule has 3 atom stereocenters. The first-order chi connectivity index (χ1) is 16.2. The predicted molar refractivity (Wildman–Crippen MR) is 125 cm³/mol. The molecule has 1 aliphatic carbocycles. The third kappa shape index (κ3) is 5.59. The number of hydrogen-bond donors (Lipinski definition) is 3. The minimum Gasteiger partial charge on any atom is -0.507 e. The Labute approximate surface area is 198 Å². The van der Waals surface area contributed by atoms with Crippen LogP contribution in [0.25, 0.3) is 11.1 Å². The van der Waals surface area contributed by atoms with Crippen molar-refractivity contribution in [3.05, 3.63) is 52.8 Å². The summed E-state index contributed by atoms with van der Waals surface area (Å²) in [5.74, 6) is -2.68. The predicted octanol–water partition coefficient (Wildman–Crippen LogP) is 3.80. The summed E-state index contributed by atoms with van der Waals surface area (Å²) in [5.41, 5.74) is 2.88. The summed E-state index contributed by atoms with van der Waals surface area (Å²) >= 11 is 0. The molecule has 0 saturated heterocycles. The Bertz CT molecular complexity index is 1090. The second kappa shape index (κ2) is 11.0. The molecule has 2 aromatic carbocycles. The van der Waals surface area contributed by atoms with Gasteiger partial charge >= 0.3 is 0 Å². The topological polar surface area (TPSA) is 112 Å². The average molecular weight is 471 g/mol. The van der Waals surface area contributed by atoms with Gasteiger partial charge in [-0.3, -0.25) is 14.4 Å². The van der Waals surface area contributed by atoms with Gasteiger partial charge in [0.05, 0.1) is 18.6 Å². The Morgan fingerprint density at radius 3 is 2.50 bits per heavy atom. The molecule has 6 nitrogen and oxygen atoms in total. The lowest BCUT2D eigenvalue weighted by molar-refractivity contribution is -0.131. The zero-order valence-corrected chi connectivity index (χ0v) is 19.5. The number of ketones is 3. The van der Waals surface area contributed by atoms with Crippen LogP contribution < -0.4 is 0 Å². The number of rotatable bonds is 10. The molecule has 34 heavy (non-hydrogen) atoms. The number of aliphatic hydroxyl groups is 2. The Morgan fingerprint density at radius 2 is 1.88 bits per heavy atom. The molecule has 2 aromatic rings. The third-order valence-electron chi connectivity index (χ3n) is 6.74. The summed E-state index contributed by atoms with van der Waals surface area (Å²) in [7, 11) is 0. The monoisotopic (exact) mass is 470 g/mol. The van der Waals surface area contributed by atoms with Crippen LogP contribution in [-0.2, 0) is 16.0 Å².